The van der Waals surface area contributed by atoms with E-state index >= 15 is 0 Å². The van der Waals surface area contributed by atoms with E-state index in [2.05, 4.69) is 5.32 Å². The average Bonchev–Trinajstić information content (AvgIpc) is 2.19. The van der Waals surface area contributed by atoms with Crippen LogP contribution in [-0.4, -0.2) is 12.5 Å². The molecular formula is C10H11N3O. The van der Waals surface area contributed by atoms with Crippen molar-refractivity contribution in [3.8, 4) is 0 Å². The lowest BCUT2D eigenvalue weighted by Crippen LogP contribution is -2.36. The minimum absolute atomic E-state index is 0.00988. The fourth-order valence-corrected chi connectivity index (χ4v) is 1.32. The Labute approximate surface area is 82.0 Å². The molecule has 2 rings (SSSR count). The third-order valence-electron chi connectivity index (χ3n) is 2.04. The maximum absolute atomic E-state index is 11.1. The summed E-state index contributed by atoms with van der Waals surface area (Å²) in [7, 11) is 0. The molecule has 0 atom stereocenters. The Bertz CT molecular complexity index is 369. The molecule has 1 heterocycles. The van der Waals surface area contributed by atoms with Gasteiger partial charge in [0.25, 0.3) is 0 Å². The molecule has 1 aromatic carbocycles. The zero-order chi connectivity index (χ0) is 9.97. The third kappa shape index (κ3) is 1.69. The van der Waals surface area contributed by atoms with Crippen LogP contribution in [0.4, 0.5) is 11.4 Å². The highest BCUT2D eigenvalue weighted by Gasteiger charge is 2.11. The van der Waals surface area contributed by atoms with Gasteiger partial charge in [-0.3, -0.25) is 4.79 Å². The van der Waals surface area contributed by atoms with E-state index < -0.39 is 0 Å². The largest absolute Gasteiger partial charge is 0.399 e. The predicted molar refractivity (Wildman–Crippen MR) is 55.5 cm³/mol. The number of amides is 1. The van der Waals surface area contributed by atoms with Crippen molar-refractivity contribution in [3.05, 3.63) is 36.7 Å². The van der Waals surface area contributed by atoms with E-state index in [1.165, 1.54) is 0 Å². The summed E-state index contributed by atoms with van der Waals surface area (Å²) in [6.45, 7) is 0.348. The molecule has 72 valence electrons. The van der Waals surface area contributed by atoms with Crippen LogP contribution in [0.15, 0.2) is 36.7 Å². The van der Waals surface area contributed by atoms with Gasteiger partial charge in [-0.05, 0) is 24.3 Å². The van der Waals surface area contributed by atoms with Gasteiger partial charge in [-0.2, -0.15) is 0 Å². The van der Waals surface area contributed by atoms with Crippen LogP contribution in [0.5, 0.6) is 0 Å². The Hall–Kier alpha value is -1.97. The number of hydrogen-bond donors (Lipinski definition) is 2. The van der Waals surface area contributed by atoms with E-state index in [0.29, 0.717) is 6.54 Å². The molecule has 0 fully saturated rings. The quantitative estimate of drug-likeness (QED) is 0.638. The van der Waals surface area contributed by atoms with Gasteiger partial charge in [-0.1, -0.05) is 0 Å². The lowest BCUT2D eigenvalue weighted by molar-refractivity contribution is -0.119. The number of nitrogen functional groups attached to an aromatic ring is 1. The van der Waals surface area contributed by atoms with E-state index in [1.54, 1.807) is 6.20 Å². The van der Waals surface area contributed by atoms with Crippen LogP contribution in [-0.2, 0) is 4.79 Å². The number of nitrogens with zero attached hydrogens (tertiary/aromatic N) is 1. The standard InChI is InChI=1S/C10H11N3O/c11-8-1-3-9(4-2-8)13-6-5-12-10(14)7-13/h1-6H,7,11H2,(H,12,14). The number of hydrogen-bond acceptors (Lipinski definition) is 3. The zero-order valence-corrected chi connectivity index (χ0v) is 7.60. The summed E-state index contributed by atoms with van der Waals surface area (Å²) in [6.07, 6.45) is 3.45. The van der Waals surface area contributed by atoms with Gasteiger partial charge in [0.15, 0.2) is 0 Å². The Kier molecular flexibility index (Phi) is 2.10. The molecule has 1 aliphatic heterocycles. The molecule has 0 unspecified atom stereocenters. The van der Waals surface area contributed by atoms with E-state index in [1.807, 2.05) is 35.4 Å². The third-order valence-corrected chi connectivity index (χ3v) is 2.04. The maximum atomic E-state index is 11.1. The van der Waals surface area contributed by atoms with Crippen LogP contribution in [0.1, 0.15) is 0 Å². The molecule has 0 bridgehead atoms. The molecule has 0 aromatic heterocycles. The van der Waals surface area contributed by atoms with Crippen LogP contribution in [0, 0.1) is 0 Å². The van der Waals surface area contributed by atoms with Gasteiger partial charge < -0.3 is 16.0 Å². The van der Waals surface area contributed by atoms with Gasteiger partial charge >= 0.3 is 0 Å². The predicted octanol–water partition coefficient (Wildman–Crippen LogP) is 0.676. The molecule has 0 radical (unpaired) electrons. The van der Waals surface area contributed by atoms with Crippen molar-refractivity contribution in [2.24, 2.45) is 0 Å². The molecule has 0 saturated carbocycles. The van der Waals surface area contributed by atoms with Crippen LogP contribution in [0.3, 0.4) is 0 Å². The number of carbonyl (C=O) groups is 1. The minimum Gasteiger partial charge on any atom is -0.399 e. The van der Waals surface area contributed by atoms with Crippen LogP contribution in [0.25, 0.3) is 0 Å². The summed E-state index contributed by atoms with van der Waals surface area (Å²) in [4.78, 5) is 12.9. The summed E-state index contributed by atoms with van der Waals surface area (Å²) >= 11 is 0. The fourth-order valence-electron chi connectivity index (χ4n) is 1.32. The highest BCUT2D eigenvalue weighted by molar-refractivity contribution is 5.84. The summed E-state index contributed by atoms with van der Waals surface area (Å²) in [5.74, 6) is -0.00988. The van der Waals surface area contributed by atoms with E-state index in [0.717, 1.165) is 11.4 Å². The summed E-state index contributed by atoms with van der Waals surface area (Å²) in [5.41, 5.74) is 7.25. The molecule has 0 aliphatic carbocycles. The van der Waals surface area contributed by atoms with Crippen molar-refractivity contribution < 1.29 is 4.79 Å². The Morgan fingerprint density at radius 2 is 2.00 bits per heavy atom. The van der Waals surface area contributed by atoms with E-state index in [9.17, 15) is 4.79 Å². The second-order valence-corrected chi connectivity index (χ2v) is 3.10. The lowest BCUT2D eigenvalue weighted by Gasteiger charge is -2.22. The van der Waals surface area contributed by atoms with E-state index in [4.69, 9.17) is 5.73 Å². The second-order valence-electron chi connectivity index (χ2n) is 3.10. The number of carbonyl (C=O) groups excluding carboxylic acids is 1. The van der Waals surface area contributed by atoms with Crippen molar-refractivity contribution in [2.45, 2.75) is 0 Å². The topological polar surface area (TPSA) is 58.4 Å². The highest BCUT2D eigenvalue weighted by Crippen LogP contribution is 2.17. The van der Waals surface area contributed by atoms with Gasteiger partial charge in [-0.15, -0.1) is 0 Å². The van der Waals surface area contributed by atoms with Crippen LogP contribution in [0.2, 0.25) is 0 Å². The molecule has 0 spiro atoms. The average molecular weight is 189 g/mol. The van der Waals surface area contributed by atoms with Gasteiger partial charge in [-0.25, -0.2) is 0 Å². The number of nitrogens with two attached hydrogens (primary N) is 1. The van der Waals surface area contributed by atoms with Gasteiger partial charge in [0.1, 0.15) is 6.54 Å². The number of rotatable bonds is 1. The monoisotopic (exact) mass is 189 g/mol. The first kappa shape index (κ1) is 8.62. The Balaban J connectivity index is 2.22. The van der Waals surface area contributed by atoms with Gasteiger partial charge in [0.2, 0.25) is 5.91 Å². The smallest absolute Gasteiger partial charge is 0.243 e. The molecule has 1 aliphatic rings. The first-order chi connectivity index (χ1) is 6.75. The lowest BCUT2D eigenvalue weighted by atomic mass is 10.2. The van der Waals surface area contributed by atoms with E-state index in [-0.39, 0.29) is 5.91 Å². The Morgan fingerprint density at radius 3 is 2.64 bits per heavy atom. The first-order valence-electron chi connectivity index (χ1n) is 4.34. The van der Waals surface area contributed by atoms with Crippen molar-refractivity contribution in [3.63, 3.8) is 0 Å². The van der Waals surface area contributed by atoms with Crippen molar-refractivity contribution in [1.82, 2.24) is 5.32 Å². The number of nitrogens with one attached hydrogen (secondary N) is 1. The van der Waals surface area contributed by atoms with Gasteiger partial charge in [0, 0.05) is 23.8 Å². The Morgan fingerprint density at radius 1 is 1.29 bits per heavy atom. The molecule has 14 heavy (non-hydrogen) atoms. The number of anilines is 2. The molecule has 3 N–H and O–H groups in total. The number of benzene rings is 1. The molecule has 1 amide bonds. The van der Waals surface area contributed by atoms with Crippen LogP contribution < -0.4 is 16.0 Å². The van der Waals surface area contributed by atoms with Crippen molar-refractivity contribution in [1.29, 1.82) is 0 Å². The molecule has 4 heteroatoms. The summed E-state index contributed by atoms with van der Waals surface area (Å²) in [5, 5.41) is 2.61. The zero-order valence-electron chi connectivity index (χ0n) is 7.60. The fraction of sp³-hybridized carbons (Fsp3) is 0.100. The normalized spacial score (nSPS) is 15.4. The van der Waals surface area contributed by atoms with Crippen molar-refractivity contribution in [2.75, 3.05) is 17.2 Å². The first-order valence-corrected chi connectivity index (χ1v) is 4.34. The molecule has 0 saturated heterocycles. The van der Waals surface area contributed by atoms with Crippen molar-refractivity contribution >= 4 is 17.3 Å². The highest BCUT2D eigenvalue weighted by atomic mass is 16.2. The second kappa shape index (κ2) is 3.41. The minimum atomic E-state index is -0.00988. The maximum Gasteiger partial charge on any atom is 0.243 e. The summed E-state index contributed by atoms with van der Waals surface area (Å²) < 4.78 is 0. The van der Waals surface area contributed by atoms with Crippen LogP contribution >= 0.6 is 0 Å². The molecule has 1 aromatic rings. The summed E-state index contributed by atoms with van der Waals surface area (Å²) in [6, 6.07) is 7.40. The molecular weight excluding hydrogens is 178 g/mol. The SMILES string of the molecule is Nc1ccc(N2C=CNC(=O)C2)cc1. The van der Waals surface area contributed by atoms with Gasteiger partial charge in [0.05, 0.1) is 0 Å². The molecule has 4 nitrogen and oxygen atoms in total.